The van der Waals surface area contributed by atoms with E-state index in [1.54, 1.807) is 17.7 Å². The first kappa shape index (κ1) is 8.47. The van der Waals surface area contributed by atoms with Crippen LogP contribution in [0.5, 0.6) is 0 Å². The lowest BCUT2D eigenvalue weighted by atomic mass is 10.1. The molecule has 2 N–H and O–H groups in total. The molecule has 0 aliphatic heterocycles. The van der Waals surface area contributed by atoms with Crippen LogP contribution in [0.1, 0.15) is 17.3 Å². The average Bonchev–Trinajstić information content (AvgIpc) is 2.72. The van der Waals surface area contributed by atoms with Gasteiger partial charge in [0.2, 0.25) is 0 Å². The van der Waals surface area contributed by atoms with E-state index in [2.05, 4.69) is 10.4 Å². The van der Waals surface area contributed by atoms with Gasteiger partial charge in [-0.2, -0.15) is 11.3 Å². The molecule has 0 bridgehead atoms. The fraction of sp³-hybridized carbons (Fsp3) is 0.222. The monoisotopic (exact) mass is 193 g/mol. The van der Waals surface area contributed by atoms with Gasteiger partial charge in [0.25, 0.3) is 0 Å². The number of hydrogen-bond donors (Lipinski definition) is 1. The Morgan fingerprint density at radius 2 is 2.46 bits per heavy atom. The van der Waals surface area contributed by atoms with E-state index in [1.807, 2.05) is 29.3 Å². The van der Waals surface area contributed by atoms with Crippen molar-refractivity contribution in [3.63, 3.8) is 0 Å². The van der Waals surface area contributed by atoms with Crippen molar-refractivity contribution in [2.24, 2.45) is 12.8 Å². The van der Waals surface area contributed by atoms with Gasteiger partial charge in [0, 0.05) is 13.2 Å². The Morgan fingerprint density at radius 3 is 3.00 bits per heavy atom. The van der Waals surface area contributed by atoms with Crippen molar-refractivity contribution in [3.8, 4) is 0 Å². The molecule has 0 amide bonds. The SMILES string of the molecule is Cn1cnc(C(N)c2ccsc2)c1. The van der Waals surface area contributed by atoms with Crippen molar-refractivity contribution in [2.75, 3.05) is 0 Å². The summed E-state index contributed by atoms with van der Waals surface area (Å²) in [7, 11) is 1.94. The van der Waals surface area contributed by atoms with Crippen LogP contribution in [0.3, 0.4) is 0 Å². The number of thiophene rings is 1. The molecule has 1 unspecified atom stereocenters. The van der Waals surface area contributed by atoms with Crippen LogP contribution in [0.2, 0.25) is 0 Å². The molecule has 2 aromatic rings. The summed E-state index contributed by atoms with van der Waals surface area (Å²) in [5.74, 6) is 0. The zero-order valence-electron chi connectivity index (χ0n) is 7.34. The molecule has 0 aromatic carbocycles. The van der Waals surface area contributed by atoms with Crippen LogP contribution in [0.15, 0.2) is 29.4 Å². The van der Waals surface area contributed by atoms with Gasteiger partial charge in [-0.3, -0.25) is 0 Å². The summed E-state index contributed by atoms with van der Waals surface area (Å²) in [5, 5.41) is 4.08. The lowest BCUT2D eigenvalue weighted by molar-refractivity contribution is 0.839. The molecule has 2 heterocycles. The third-order valence-electron chi connectivity index (χ3n) is 1.95. The van der Waals surface area contributed by atoms with Gasteiger partial charge in [-0.1, -0.05) is 0 Å². The van der Waals surface area contributed by atoms with Gasteiger partial charge in [-0.15, -0.1) is 0 Å². The maximum absolute atomic E-state index is 6.00. The van der Waals surface area contributed by atoms with E-state index in [-0.39, 0.29) is 6.04 Å². The lowest BCUT2D eigenvalue weighted by Crippen LogP contribution is -2.11. The van der Waals surface area contributed by atoms with Gasteiger partial charge >= 0.3 is 0 Å². The summed E-state index contributed by atoms with van der Waals surface area (Å²) in [6, 6.07) is 1.94. The van der Waals surface area contributed by atoms with E-state index in [1.165, 1.54) is 0 Å². The molecule has 3 nitrogen and oxygen atoms in total. The van der Waals surface area contributed by atoms with E-state index < -0.39 is 0 Å². The second-order valence-corrected chi connectivity index (χ2v) is 3.78. The highest BCUT2D eigenvalue weighted by atomic mass is 32.1. The Labute approximate surface area is 80.8 Å². The highest BCUT2D eigenvalue weighted by molar-refractivity contribution is 7.07. The predicted molar refractivity (Wildman–Crippen MR) is 53.6 cm³/mol. The number of rotatable bonds is 2. The number of nitrogens with two attached hydrogens (primary N) is 1. The van der Waals surface area contributed by atoms with E-state index >= 15 is 0 Å². The van der Waals surface area contributed by atoms with Gasteiger partial charge in [0.15, 0.2) is 0 Å². The van der Waals surface area contributed by atoms with E-state index in [0.29, 0.717) is 0 Å². The summed E-state index contributed by atoms with van der Waals surface area (Å²) < 4.78 is 1.90. The molecule has 4 heteroatoms. The molecule has 68 valence electrons. The number of nitrogens with zero attached hydrogens (tertiary/aromatic N) is 2. The topological polar surface area (TPSA) is 43.8 Å². The van der Waals surface area contributed by atoms with Gasteiger partial charge in [0.05, 0.1) is 18.1 Å². The zero-order chi connectivity index (χ0) is 9.26. The molecule has 0 saturated heterocycles. The van der Waals surface area contributed by atoms with Crippen LogP contribution < -0.4 is 5.73 Å². The van der Waals surface area contributed by atoms with Crippen molar-refractivity contribution in [3.05, 3.63) is 40.6 Å². The number of aromatic nitrogens is 2. The molecule has 0 spiro atoms. The Morgan fingerprint density at radius 1 is 1.62 bits per heavy atom. The fourth-order valence-corrected chi connectivity index (χ4v) is 1.91. The maximum atomic E-state index is 6.00. The van der Waals surface area contributed by atoms with Gasteiger partial charge in [0.1, 0.15) is 0 Å². The smallest absolute Gasteiger partial charge is 0.0947 e. The first-order chi connectivity index (χ1) is 6.27. The minimum absolute atomic E-state index is 0.0903. The van der Waals surface area contributed by atoms with Crippen molar-refractivity contribution < 1.29 is 0 Å². The fourth-order valence-electron chi connectivity index (χ4n) is 1.22. The van der Waals surface area contributed by atoms with Crippen LogP contribution in [0, 0.1) is 0 Å². The lowest BCUT2D eigenvalue weighted by Gasteiger charge is -2.04. The Hall–Kier alpha value is -1.13. The Balaban J connectivity index is 2.28. The van der Waals surface area contributed by atoms with Crippen molar-refractivity contribution in [1.82, 2.24) is 9.55 Å². The molecular formula is C9H11N3S. The third kappa shape index (κ3) is 1.64. The molecule has 0 saturated carbocycles. The minimum Gasteiger partial charge on any atom is -0.340 e. The van der Waals surface area contributed by atoms with E-state index in [9.17, 15) is 0 Å². The van der Waals surface area contributed by atoms with Crippen molar-refractivity contribution in [1.29, 1.82) is 0 Å². The van der Waals surface area contributed by atoms with Gasteiger partial charge < -0.3 is 10.3 Å². The van der Waals surface area contributed by atoms with Crippen LogP contribution >= 0.6 is 11.3 Å². The van der Waals surface area contributed by atoms with Gasteiger partial charge in [-0.25, -0.2) is 4.98 Å². The highest BCUT2D eigenvalue weighted by Crippen LogP contribution is 2.19. The summed E-state index contributed by atoms with van der Waals surface area (Å²) in [5.41, 5.74) is 8.05. The van der Waals surface area contributed by atoms with Crippen molar-refractivity contribution >= 4 is 11.3 Å². The number of hydrogen-bond acceptors (Lipinski definition) is 3. The van der Waals surface area contributed by atoms with Gasteiger partial charge in [-0.05, 0) is 22.4 Å². The van der Waals surface area contributed by atoms with Crippen LogP contribution in [-0.2, 0) is 7.05 Å². The van der Waals surface area contributed by atoms with Crippen molar-refractivity contribution in [2.45, 2.75) is 6.04 Å². The molecule has 0 aliphatic carbocycles. The number of aryl methyl sites for hydroxylation is 1. The second-order valence-electron chi connectivity index (χ2n) is 3.00. The largest absolute Gasteiger partial charge is 0.340 e. The Kier molecular flexibility index (Phi) is 2.16. The van der Waals surface area contributed by atoms with Crippen LogP contribution in [-0.4, -0.2) is 9.55 Å². The van der Waals surface area contributed by atoms with Crippen LogP contribution in [0.25, 0.3) is 0 Å². The minimum atomic E-state index is -0.0903. The quantitative estimate of drug-likeness (QED) is 0.786. The maximum Gasteiger partial charge on any atom is 0.0947 e. The van der Waals surface area contributed by atoms with E-state index in [0.717, 1.165) is 11.3 Å². The zero-order valence-corrected chi connectivity index (χ0v) is 8.16. The molecule has 2 aromatic heterocycles. The highest BCUT2D eigenvalue weighted by Gasteiger charge is 2.10. The molecule has 13 heavy (non-hydrogen) atoms. The first-order valence-electron chi connectivity index (χ1n) is 4.03. The molecule has 0 aliphatic rings. The average molecular weight is 193 g/mol. The third-order valence-corrected chi connectivity index (χ3v) is 2.65. The van der Waals surface area contributed by atoms with Crippen LogP contribution in [0.4, 0.5) is 0 Å². The molecule has 2 rings (SSSR count). The number of imidazole rings is 1. The summed E-state index contributed by atoms with van der Waals surface area (Å²) in [4.78, 5) is 4.21. The second kappa shape index (κ2) is 3.32. The molecule has 0 fully saturated rings. The Bertz CT molecular complexity index is 377. The molecule has 0 radical (unpaired) electrons. The first-order valence-corrected chi connectivity index (χ1v) is 4.97. The molecule has 1 atom stereocenters. The summed E-state index contributed by atoms with van der Waals surface area (Å²) in [6.07, 6.45) is 3.71. The normalized spacial score (nSPS) is 13.1. The predicted octanol–water partition coefficient (Wildman–Crippen LogP) is 1.53. The van der Waals surface area contributed by atoms with E-state index in [4.69, 9.17) is 5.73 Å². The summed E-state index contributed by atoms with van der Waals surface area (Å²) in [6.45, 7) is 0. The standard InChI is InChI=1S/C9H11N3S/c1-12-4-8(11-6-12)9(10)7-2-3-13-5-7/h2-6,9H,10H2,1H3. The summed E-state index contributed by atoms with van der Waals surface area (Å²) >= 11 is 1.65. The molecular weight excluding hydrogens is 182 g/mol.